The maximum absolute atomic E-state index is 12.8. The molecule has 0 saturated heterocycles. The summed E-state index contributed by atoms with van der Waals surface area (Å²) in [6, 6.07) is 14.2. The van der Waals surface area contributed by atoms with E-state index in [1.807, 2.05) is 24.3 Å². The lowest BCUT2D eigenvalue weighted by atomic mass is 10.0. The summed E-state index contributed by atoms with van der Waals surface area (Å²) in [5, 5.41) is 10.3. The first-order valence-corrected chi connectivity index (χ1v) is 8.11. The number of primary amides is 1. The second-order valence-corrected chi connectivity index (χ2v) is 6.01. The highest BCUT2D eigenvalue weighted by Crippen LogP contribution is 2.27. The second kappa shape index (κ2) is 7.36. The minimum atomic E-state index is -0.557. The normalized spacial score (nSPS) is 16.7. The van der Waals surface area contributed by atoms with Gasteiger partial charge in [0.1, 0.15) is 5.75 Å². The van der Waals surface area contributed by atoms with Crippen molar-refractivity contribution in [2.45, 2.75) is 19.1 Å². The van der Waals surface area contributed by atoms with Crippen molar-refractivity contribution in [3.05, 3.63) is 65.2 Å². The van der Waals surface area contributed by atoms with Gasteiger partial charge in [-0.25, -0.2) is 0 Å². The predicted molar refractivity (Wildman–Crippen MR) is 91.9 cm³/mol. The summed E-state index contributed by atoms with van der Waals surface area (Å²) in [5.74, 6) is -0.181. The van der Waals surface area contributed by atoms with Crippen molar-refractivity contribution in [2.75, 3.05) is 13.2 Å². The molecule has 0 aliphatic carbocycles. The zero-order valence-electron chi connectivity index (χ0n) is 13.7. The SMILES string of the molecule is NC(=O)COc1ccc(C(=O)N2CCC(O)c3ccccc3C2)cc1. The summed E-state index contributed by atoms with van der Waals surface area (Å²) in [4.78, 5) is 25.2. The first-order chi connectivity index (χ1) is 12.0. The van der Waals surface area contributed by atoms with Gasteiger partial charge in [-0.3, -0.25) is 9.59 Å². The van der Waals surface area contributed by atoms with E-state index in [1.54, 1.807) is 29.2 Å². The summed E-state index contributed by atoms with van der Waals surface area (Å²) >= 11 is 0. The molecule has 6 nitrogen and oxygen atoms in total. The van der Waals surface area contributed by atoms with E-state index in [0.29, 0.717) is 30.8 Å². The molecule has 0 saturated carbocycles. The molecule has 1 heterocycles. The molecule has 25 heavy (non-hydrogen) atoms. The standard InChI is InChI=1S/C19H20N2O4/c20-18(23)12-25-15-7-5-13(6-8-15)19(24)21-10-9-17(22)16-4-2-1-3-14(16)11-21/h1-8,17,22H,9-12H2,(H2,20,23). The molecule has 2 aromatic rings. The molecule has 0 aromatic heterocycles. The zero-order chi connectivity index (χ0) is 17.8. The van der Waals surface area contributed by atoms with E-state index < -0.39 is 12.0 Å². The van der Waals surface area contributed by atoms with Crippen molar-refractivity contribution in [1.82, 2.24) is 4.90 Å². The van der Waals surface area contributed by atoms with E-state index in [0.717, 1.165) is 11.1 Å². The number of aliphatic hydroxyl groups is 1. The smallest absolute Gasteiger partial charge is 0.255 e. The number of rotatable bonds is 4. The van der Waals surface area contributed by atoms with Crippen LogP contribution in [0.25, 0.3) is 0 Å². The number of fused-ring (bicyclic) bond motifs is 1. The van der Waals surface area contributed by atoms with Crippen molar-refractivity contribution in [3.63, 3.8) is 0 Å². The molecule has 0 bridgehead atoms. The third-order valence-electron chi connectivity index (χ3n) is 4.22. The van der Waals surface area contributed by atoms with Crippen molar-refractivity contribution in [1.29, 1.82) is 0 Å². The molecule has 1 aliphatic heterocycles. The first-order valence-electron chi connectivity index (χ1n) is 8.11. The van der Waals surface area contributed by atoms with Gasteiger partial charge in [0.15, 0.2) is 6.61 Å². The highest BCUT2D eigenvalue weighted by Gasteiger charge is 2.24. The average Bonchev–Trinajstić information content (AvgIpc) is 2.79. The fourth-order valence-electron chi connectivity index (χ4n) is 2.93. The summed E-state index contributed by atoms with van der Waals surface area (Å²) in [7, 11) is 0. The van der Waals surface area contributed by atoms with Crippen LogP contribution in [0.4, 0.5) is 0 Å². The van der Waals surface area contributed by atoms with Gasteiger partial charge < -0.3 is 20.5 Å². The predicted octanol–water partition coefficient (Wildman–Crippen LogP) is 1.63. The van der Waals surface area contributed by atoms with Crippen LogP contribution in [0.1, 0.15) is 34.0 Å². The largest absolute Gasteiger partial charge is 0.484 e. The van der Waals surface area contributed by atoms with Gasteiger partial charge in [0.05, 0.1) is 6.10 Å². The minimum absolute atomic E-state index is 0.106. The van der Waals surface area contributed by atoms with Crippen LogP contribution in [0.3, 0.4) is 0 Å². The highest BCUT2D eigenvalue weighted by molar-refractivity contribution is 5.94. The van der Waals surface area contributed by atoms with Crippen LogP contribution < -0.4 is 10.5 Å². The minimum Gasteiger partial charge on any atom is -0.484 e. The molecule has 0 spiro atoms. The highest BCUT2D eigenvalue weighted by atomic mass is 16.5. The Balaban J connectivity index is 1.73. The van der Waals surface area contributed by atoms with Gasteiger partial charge in [0, 0.05) is 18.7 Å². The number of carbonyl (C=O) groups excluding carboxylic acids is 2. The van der Waals surface area contributed by atoms with Crippen LogP contribution in [0.5, 0.6) is 5.75 Å². The van der Waals surface area contributed by atoms with Gasteiger partial charge in [-0.2, -0.15) is 0 Å². The second-order valence-electron chi connectivity index (χ2n) is 6.01. The monoisotopic (exact) mass is 340 g/mol. The molecule has 130 valence electrons. The Hall–Kier alpha value is -2.86. The number of carbonyl (C=O) groups is 2. The molecular weight excluding hydrogens is 320 g/mol. The number of amides is 2. The Morgan fingerprint density at radius 2 is 1.88 bits per heavy atom. The van der Waals surface area contributed by atoms with E-state index >= 15 is 0 Å². The van der Waals surface area contributed by atoms with Gasteiger partial charge in [0.25, 0.3) is 11.8 Å². The molecule has 2 aromatic carbocycles. The quantitative estimate of drug-likeness (QED) is 0.885. The zero-order valence-corrected chi connectivity index (χ0v) is 13.7. The number of nitrogens with zero attached hydrogens (tertiary/aromatic N) is 1. The molecule has 1 atom stereocenters. The topological polar surface area (TPSA) is 92.9 Å². The van der Waals surface area contributed by atoms with Crippen molar-refractivity contribution in [3.8, 4) is 5.75 Å². The first kappa shape index (κ1) is 17.0. The van der Waals surface area contributed by atoms with E-state index in [4.69, 9.17) is 10.5 Å². The van der Waals surface area contributed by atoms with Gasteiger partial charge >= 0.3 is 0 Å². The number of nitrogens with two attached hydrogens (primary N) is 1. The van der Waals surface area contributed by atoms with E-state index in [2.05, 4.69) is 0 Å². The van der Waals surface area contributed by atoms with E-state index in [1.165, 1.54) is 0 Å². The Bertz CT molecular complexity index is 773. The average molecular weight is 340 g/mol. The Morgan fingerprint density at radius 3 is 2.60 bits per heavy atom. The molecule has 0 fully saturated rings. The van der Waals surface area contributed by atoms with Crippen LogP contribution in [0.2, 0.25) is 0 Å². The molecule has 0 radical (unpaired) electrons. The van der Waals surface area contributed by atoms with Crippen molar-refractivity contribution < 1.29 is 19.4 Å². The third-order valence-corrected chi connectivity index (χ3v) is 4.22. The number of aliphatic hydroxyl groups excluding tert-OH is 1. The van der Waals surface area contributed by atoms with Crippen LogP contribution in [0, 0.1) is 0 Å². The van der Waals surface area contributed by atoms with Crippen LogP contribution in [-0.2, 0) is 11.3 Å². The van der Waals surface area contributed by atoms with Crippen molar-refractivity contribution in [2.24, 2.45) is 5.73 Å². The Kier molecular flexibility index (Phi) is 5.00. The molecule has 1 unspecified atom stereocenters. The van der Waals surface area contributed by atoms with E-state index in [-0.39, 0.29) is 12.5 Å². The summed E-state index contributed by atoms with van der Waals surface area (Å²) in [6.07, 6.45) is -0.0543. The maximum atomic E-state index is 12.8. The lowest BCUT2D eigenvalue weighted by Crippen LogP contribution is -2.30. The Labute approximate surface area is 145 Å². The van der Waals surface area contributed by atoms with Gasteiger partial charge in [-0.1, -0.05) is 24.3 Å². The van der Waals surface area contributed by atoms with Crippen molar-refractivity contribution >= 4 is 11.8 Å². The number of benzene rings is 2. The third kappa shape index (κ3) is 3.97. The summed E-state index contributed by atoms with van der Waals surface area (Å²) in [6.45, 7) is 0.745. The van der Waals surface area contributed by atoms with Crippen LogP contribution in [0.15, 0.2) is 48.5 Å². The van der Waals surface area contributed by atoms with Crippen LogP contribution >= 0.6 is 0 Å². The maximum Gasteiger partial charge on any atom is 0.255 e. The summed E-state index contributed by atoms with van der Waals surface area (Å²) in [5.41, 5.74) is 7.41. The number of hydrogen-bond acceptors (Lipinski definition) is 4. The van der Waals surface area contributed by atoms with Crippen LogP contribution in [-0.4, -0.2) is 35.0 Å². The molecular formula is C19H20N2O4. The molecule has 6 heteroatoms. The van der Waals surface area contributed by atoms with Gasteiger partial charge in [0.2, 0.25) is 0 Å². The molecule has 2 amide bonds. The fourth-order valence-corrected chi connectivity index (χ4v) is 2.93. The van der Waals surface area contributed by atoms with Gasteiger partial charge in [-0.05, 0) is 41.8 Å². The molecule has 1 aliphatic rings. The number of ether oxygens (including phenoxy) is 1. The fraction of sp³-hybridized carbons (Fsp3) is 0.263. The number of hydrogen-bond donors (Lipinski definition) is 2. The molecule has 3 rings (SSSR count). The van der Waals surface area contributed by atoms with E-state index in [9.17, 15) is 14.7 Å². The lowest BCUT2D eigenvalue weighted by molar-refractivity contribution is -0.119. The molecule has 3 N–H and O–H groups in total. The summed E-state index contributed by atoms with van der Waals surface area (Å²) < 4.78 is 5.20. The Morgan fingerprint density at radius 1 is 1.16 bits per heavy atom. The van der Waals surface area contributed by atoms with Gasteiger partial charge in [-0.15, -0.1) is 0 Å². The lowest BCUT2D eigenvalue weighted by Gasteiger charge is -2.21.